The molecule has 1 fully saturated rings. The molecular formula is C12H22N2O3. The van der Waals surface area contributed by atoms with E-state index in [9.17, 15) is 9.59 Å². The smallest absolute Gasteiger partial charge is 0.303 e. The average molecular weight is 242 g/mol. The van der Waals surface area contributed by atoms with Crippen molar-refractivity contribution in [3.05, 3.63) is 0 Å². The SMILES string of the molecule is CCC(CNC(=O)[C@@H]1CCCCN1)CC(=O)O. The van der Waals surface area contributed by atoms with E-state index in [0.717, 1.165) is 32.2 Å². The molecule has 0 aromatic heterocycles. The summed E-state index contributed by atoms with van der Waals surface area (Å²) in [4.78, 5) is 22.4. The lowest BCUT2D eigenvalue weighted by atomic mass is 10.0. The number of hydrogen-bond acceptors (Lipinski definition) is 3. The van der Waals surface area contributed by atoms with Gasteiger partial charge in [0.05, 0.1) is 6.04 Å². The molecule has 1 unspecified atom stereocenters. The quantitative estimate of drug-likeness (QED) is 0.642. The van der Waals surface area contributed by atoms with Crippen LogP contribution in [0.5, 0.6) is 0 Å². The van der Waals surface area contributed by atoms with E-state index in [0.29, 0.717) is 6.54 Å². The fourth-order valence-electron chi connectivity index (χ4n) is 2.05. The Labute approximate surface area is 102 Å². The first kappa shape index (κ1) is 14.0. The largest absolute Gasteiger partial charge is 0.481 e. The van der Waals surface area contributed by atoms with E-state index in [1.807, 2.05) is 6.92 Å². The Kier molecular flexibility index (Phi) is 5.97. The van der Waals surface area contributed by atoms with E-state index in [-0.39, 0.29) is 24.3 Å². The van der Waals surface area contributed by atoms with Gasteiger partial charge in [-0.25, -0.2) is 0 Å². The van der Waals surface area contributed by atoms with Gasteiger partial charge in [0.25, 0.3) is 0 Å². The molecule has 1 heterocycles. The van der Waals surface area contributed by atoms with Crippen molar-refractivity contribution in [2.45, 2.75) is 45.1 Å². The predicted octanol–water partition coefficient (Wildman–Crippen LogP) is 0.746. The molecule has 5 nitrogen and oxygen atoms in total. The number of carbonyl (C=O) groups is 2. The third-order valence-electron chi connectivity index (χ3n) is 3.23. The Balaban J connectivity index is 2.27. The number of aliphatic carboxylic acids is 1. The van der Waals surface area contributed by atoms with Gasteiger partial charge in [-0.15, -0.1) is 0 Å². The summed E-state index contributed by atoms with van der Waals surface area (Å²) in [6.07, 6.45) is 3.97. The predicted molar refractivity (Wildman–Crippen MR) is 64.7 cm³/mol. The highest BCUT2D eigenvalue weighted by atomic mass is 16.4. The molecule has 1 aliphatic heterocycles. The number of hydrogen-bond donors (Lipinski definition) is 3. The number of amides is 1. The molecule has 1 amide bonds. The molecule has 1 rings (SSSR count). The van der Waals surface area contributed by atoms with Gasteiger partial charge in [0, 0.05) is 13.0 Å². The molecule has 0 aromatic carbocycles. The van der Waals surface area contributed by atoms with Crippen LogP contribution in [0.3, 0.4) is 0 Å². The van der Waals surface area contributed by atoms with Crippen LogP contribution in [0.25, 0.3) is 0 Å². The number of nitrogens with one attached hydrogen (secondary N) is 2. The van der Waals surface area contributed by atoms with E-state index in [1.54, 1.807) is 0 Å². The molecule has 1 saturated heterocycles. The van der Waals surface area contributed by atoms with Crippen LogP contribution in [-0.2, 0) is 9.59 Å². The summed E-state index contributed by atoms with van der Waals surface area (Å²) < 4.78 is 0. The number of piperidine rings is 1. The second-order valence-electron chi connectivity index (χ2n) is 4.62. The molecule has 1 aliphatic rings. The highest BCUT2D eigenvalue weighted by molar-refractivity contribution is 5.81. The van der Waals surface area contributed by atoms with E-state index < -0.39 is 5.97 Å². The van der Waals surface area contributed by atoms with Gasteiger partial charge in [-0.05, 0) is 25.3 Å². The van der Waals surface area contributed by atoms with Crippen LogP contribution in [-0.4, -0.2) is 36.1 Å². The van der Waals surface area contributed by atoms with Crippen molar-refractivity contribution in [1.29, 1.82) is 0 Å². The number of rotatable bonds is 6. The summed E-state index contributed by atoms with van der Waals surface area (Å²) in [5.41, 5.74) is 0. The lowest BCUT2D eigenvalue weighted by molar-refractivity contribution is -0.138. The van der Waals surface area contributed by atoms with Crippen LogP contribution in [0.1, 0.15) is 39.0 Å². The van der Waals surface area contributed by atoms with E-state index in [4.69, 9.17) is 5.11 Å². The van der Waals surface area contributed by atoms with Gasteiger partial charge in [0.1, 0.15) is 0 Å². The van der Waals surface area contributed by atoms with E-state index >= 15 is 0 Å². The van der Waals surface area contributed by atoms with Gasteiger partial charge in [0.2, 0.25) is 5.91 Å². The van der Waals surface area contributed by atoms with Crippen LogP contribution in [0.4, 0.5) is 0 Å². The van der Waals surface area contributed by atoms with Crippen LogP contribution < -0.4 is 10.6 Å². The molecule has 0 bridgehead atoms. The van der Waals surface area contributed by atoms with E-state index in [2.05, 4.69) is 10.6 Å². The van der Waals surface area contributed by atoms with E-state index in [1.165, 1.54) is 0 Å². The van der Waals surface area contributed by atoms with Crippen molar-refractivity contribution in [3.63, 3.8) is 0 Å². The Bertz CT molecular complexity index is 262. The second-order valence-corrected chi connectivity index (χ2v) is 4.62. The van der Waals surface area contributed by atoms with Crippen molar-refractivity contribution in [3.8, 4) is 0 Å². The first-order valence-corrected chi connectivity index (χ1v) is 6.36. The van der Waals surface area contributed by atoms with Gasteiger partial charge in [0.15, 0.2) is 0 Å². The molecule has 0 aliphatic carbocycles. The lowest BCUT2D eigenvalue weighted by Crippen LogP contribution is -2.47. The highest BCUT2D eigenvalue weighted by Crippen LogP contribution is 2.09. The number of carboxylic acids is 1. The van der Waals surface area contributed by atoms with Gasteiger partial charge >= 0.3 is 5.97 Å². The molecule has 0 radical (unpaired) electrons. The summed E-state index contributed by atoms with van der Waals surface area (Å²) in [5.74, 6) is -0.768. The first-order valence-electron chi connectivity index (χ1n) is 6.36. The van der Waals surface area contributed by atoms with Gasteiger partial charge in [-0.2, -0.15) is 0 Å². The zero-order valence-electron chi connectivity index (χ0n) is 10.4. The van der Waals surface area contributed by atoms with Gasteiger partial charge in [-0.3, -0.25) is 9.59 Å². The standard InChI is InChI=1S/C12H22N2O3/c1-2-9(7-11(15)16)8-14-12(17)10-5-3-4-6-13-10/h9-10,13H,2-8H2,1H3,(H,14,17)(H,15,16)/t9?,10-/m0/s1. The minimum absolute atomic E-state index is 0.00791. The normalized spacial score (nSPS) is 21.8. The van der Waals surface area contributed by atoms with Crippen LogP contribution in [0, 0.1) is 5.92 Å². The first-order chi connectivity index (χ1) is 8.13. The summed E-state index contributed by atoms with van der Waals surface area (Å²) in [6.45, 7) is 3.29. The monoisotopic (exact) mass is 242 g/mol. The second kappa shape index (κ2) is 7.27. The number of carbonyl (C=O) groups excluding carboxylic acids is 1. The van der Waals surface area contributed by atoms with Crippen molar-refractivity contribution >= 4 is 11.9 Å². The van der Waals surface area contributed by atoms with Gasteiger partial charge in [-0.1, -0.05) is 19.8 Å². The van der Waals surface area contributed by atoms with Crippen LogP contribution in [0.2, 0.25) is 0 Å². The van der Waals surface area contributed by atoms with Crippen molar-refractivity contribution in [2.24, 2.45) is 5.92 Å². The Morgan fingerprint density at radius 2 is 2.24 bits per heavy atom. The van der Waals surface area contributed by atoms with Crippen LogP contribution >= 0.6 is 0 Å². The summed E-state index contributed by atoms with van der Waals surface area (Å²) in [5, 5.41) is 14.7. The molecular weight excluding hydrogens is 220 g/mol. The van der Waals surface area contributed by atoms with Gasteiger partial charge < -0.3 is 15.7 Å². The molecule has 17 heavy (non-hydrogen) atoms. The zero-order valence-corrected chi connectivity index (χ0v) is 10.4. The Hall–Kier alpha value is -1.10. The maximum atomic E-state index is 11.8. The topological polar surface area (TPSA) is 78.4 Å². The lowest BCUT2D eigenvalue weighted by Gasteiger charge is -2.23. The summed E-state index contributed by atoms with van der Waals surface area (Å²) in [6, 6.07) is -0.0916. The molecule has 5 heteroatoms. The molecule has 0 saturated carbocycles. The minimum atomic E-state index is -0.804. The zero-order chi connectivity index (χ0) is 12.7. The maximum Gasteiger partial charge on any atom is 0.303 e. The van der Waals surface area contributed by atoms with Crippen molar-refractivity contribution in [1.82, 2.24) is 10.6 Å². The molecule has 0 spiro atoms. The number of carboxylic acid groups (broad SMARTS) is 1. The maximum absolute atomic E-state index is 11.8. The fourth-order valence-corrected chi connectivity index (χ4v) is 2.05. The van der Waals surface area contributed by atoms with Crippen molar-refractivity contribution < 1.29 is 14.7 Å². The molecule has 3 N–H and O–H groups in total. The highest BCUT2D eigenvalue weighted by Gasteiger charge is 2.21. The average Bonchev–Trinajstić information content (AvgIpc) is 2.34. The Morgan fingerprint density at radius 3 is 2.76 bits per heavy atom. The summed E-state index contributed by atoms with van der Waals surface area (Å²) in [7, 11) is 0. The third-order valence-corrected chi connectivity index (χ3v) is 3.23. The third kappa shape index (κ3) is 5.17. The van der Waals surface area contributed by atoms with Crippen LogP contribution in [0.15, 0.2) is 0 Å². The fraction of sp³-hybridized carbons (Fsp3) is 0.833. The van der Waals surface area contributed by atoms with Crippen molar-refractivity contribution in [2.75, 3.05) is 13.1 Å². The Morgan fingerprint density at radius 1 is 1.47 bits per heavy atom. The molecule has 2 atom stereocenters. The molecule has 0 aromatic rings. The minimum Gasteiger partial charge on any atom is -0.481 e. The molecule has 98 valence electrons. The summed E-state index contributed by atoms with van der Waals surface area (Å²) >= 11 is 0.